The minimum absolute atomic E-state index is 0. The molecule has 1 aromatic carbocycles. The van der Waals surface area contributed by atoms with Crippen LogP contribution in [0.1, 0.15) is 38.7 Å². The summed E-state index contributed by atoms with van der Waals surface area (Å²) in [6.07, 6.45) is 2.37. The number of carbonyl (C=O) groups excluding carboxylic acids is 1. The van der Waals surface area contributed by atoms with Gasteiger partial charge in [-0.1, -0.05) is 44.2 Å². The van der Waals surface area contributed by atoms with Gasteiger partial charge in [-0.25, -0.2) is 0 Å². The van der Waals surface area contributed by atoms with Crippen molar-refractivity contribution in [2.45, 2.75) is 38.7 Å². The van der Waals surface area contributed by atoms with E-state index in [-0.39, 0.29) is 24.3 Å². The Labute approximate surface area is 134 Å². The van der Waals surface area contributed by atoms with Gasteiger partial charge in [0.2, 0.25) is 0 Å². The van der Waals surface area contributed by atoms with Crippen LogP contribution < -0.4 is 0 Å². The molecule has 0 N–H and O–H groups in total. The Balaban J connectivity index is 0.00000220. The van der Waals surface area contributed by atoms with Gasteiger partial charge in [0.25, 0.3) is 0 Å². The Bertz CT molecular complexity index is 451. The van der Waals surface area contributed by atoms with Crippen molar-refractivity contribution < 1.29 is 9.53 Å². The molecular weight excluding hydrogens is 286 g/mol. The molecule has 0 saturated carbocycles. The second-order valence-corrected chi connectivity index (χ2v) is 5.85. The maximum Gasteiger partial charge on any atom is 0.306 e. The molecule has 1 aromatic rings. The van der Waals surface area contributed by atoms with Crippen LogP contribution in [0.4, 0.5) is 0 Å². The first-order valence-corrected chi connectivity index (χ1v) is 7.54. The van der Waals surface area contributed by atoms with E-state index in [0.29, 0.717) is 6.42 Å². The molecule has 3 nitrogen and oxygen atoms in total. The van der Waals surface area contributed by atoms with Crippen LogP contribution in [0, 0.1) is 5.92 Å². The first-order chi connectivity index (χ1) is 9.58. The Morgan fingerprint density at radius 1 is 1.38 bits per heavy atom. The smallest absolute Gasteiger partial charge is 0.306 e. The largest absolute Gasteiger partial charge is 0.454 e. The maximum atomic E-state index is 12.0. The number of benzene rings is 1. The normalized spacial score (nSPS) is 26.5. The van der Waals surface area contributed by atoms with Crippen LogP contribution in [0.25, 0.3) is 0 Å². The van der Waals surface area contributed by atoms with Crippen LogP contribution in [0.2, 0.25) is 0 Å². The van der Waals surface area contributed by atoms with E-state index in [2.05, 4.69) is 31.0 Å². The van der Waals surface area contributed by atoms with E-state index in [4.69, 9.17) is 4.74 Å². The van der Waals surface area contributed by atoms with Gasteiger partial charge in [-0.15, -0.1) is 12.4 Å². The molecule has 1 saturated heterocycles. The number of nitrogens with zero attached hydrogens (tertiary/aromatic N) is 1. The number of halogens is 1. The lowest BCUT2D eigenvalue weighted by Gasteiger charge is -2.38. The summed E-state index contributed by atoms with van der Waals surface area (Å²) in [6.45, 7) is 6.06. The highest BCUT2D eigenvalue weighted by Gasteiger charge is 2.43. The van der Waals surface area contributed by atoms with Gasteiger partial charge in [-0.2, -0.15) is 0 Å². The summed E-state index contributed by atoms with van der Waals surface area (Å²) in [6, 6.07) is 10.2. The minimum atomic E-state index is -0.473. The van der Waals surface area contributed by atoms with Gasteiger partial charge in [-0.3, -0.25) is 4.79 Å². The molecule has 4 heteroatoms. The Morgan fingerprint density at radius 2 is 2.05 bits per heavy atom. The van der Waals surface area contributed by atoms with Gasteiger partial charge in [0.15, 0.2) is 0 Å². The zero-order valence-electron chi connectivity index (χ0n) is 13.2. The summed E-state index contributed by atoms with van der Waals surface area (Å²) in [5.41, 5.74) is 0.656. The van der Waals surface area contributed by atoms with Gasteiger partial charge in [0, 0.05) is 18.9 Å². The summed E-state index contributed by atoms with van der Waals surface area (Å²) < 4.78 is 5.99. The van der Waals surface area contributed by atoms with Crippen molar-refractivity contribution in [1.82, 2.24) is 4.90 Å². The van der Waals surface area contributed by atoms with Crippen molar-refractivity contribution in [2.75, 3.05) is 20.1 Å². The van der Waals surface area contributed by atoms with Crippen LogP contribution in [0.5, 0.6) is 0 Å². The molecule has 0 spiro atoms. The zero-order valence-corrected chi connectivity index (χ0v) is 14.0. The molecule has 1 heterocycles. The van der Waals surface area contributed by atoms with Gasteiger partial charge >= 0.3 is 5.97 Å². The third-order valence-corrected chi connectivity index (χ3v) is 4.32. The lowest BCUT2D eigenvalue weighted by molar-refractivity contribution is -0.168. The molecule has 1 fully saturated rings. The van der Waals surface area contributed by atoms with Crippen molar-refractivity contribution in [3.63, 3.8) is 0 Å². The highest BCUT2D eigenvalue weighted by molar-refractivity contribution is 5.85. The fourth-order valence-corrected chi connectivity index (χ4v) is 3.20. The van der Waals surface area contributed by atoms with Crippen molar-refractivity contribution >= 4 is 18.4 Å². The first kappa shape index (κ1) is 18.0. The average molecular weight is 312 g/mol. The Morgan fingerprint density at radius 3 is 2.67 bits per heavy atom. The van der Waals surface area contributed by atoms with E-state index < -0.39 is 5.60 Å². The minimum Gasteiger partial charge on any atom is -0.454 e. The fraction of sp³-hybridized carbons (Fsp3) is 0.588. The molecule has 0 bridgehead atoms. The zero-order chi connectivity index (χ0) is 14.6. The number of likely N-dealkylation sites (tertiary alicyclic amines) is 1. The van der Waals surface area contributed by atoms with E-state index in [1.54, 1.807) is 0 Å². The van der Waals surface area contributed by atoms with Crippen molar-refractivity contribution in [2.24, 2.45) is 5.92 Å². The number of carbonyl (C=O) groups is 1. The summed E-state index contributed by atoms with van der Waals surface area (Å²) in [5, 5.41) is 0. The van der Waals surface area contributed by atoms with Crippen LogP contribution in [0.15, 0.2) is 30.3 Å². The second-order valence-electron chi connectivity index (χ2n) is 5.85. The second kappa shape index (κ2) is 7.81. The Kier molecular flexibility index (Phi) is 6.69. The van der Waals surface area contributed by atoms with Crippen molar-refractivity contribution in [3.8, 4) is 0 Å². The molecule has 1 aliphatic rings. The number of hydrogen-bond acceptors (Lipinski definition) is 3. The van der Waals surface area contributed by atoms with Crippen LogP contribution in [-0.4, -0.2) is 31.0 Å². The van der Waals surface area contributed by atoms with E-state index in [1.165, 1.54) is 0 Å². The third-order valence-electron chi connectivity index (χ3n) is 4.32. The van der Waals surface area contributed by atoms with Crippen molar-refractivity contribution in [3.05, 3.63) is 35.9 Å². The van der Waals surface area contributed by atoms with E-state index in [1.807, 2.05) is 25.1 Å². The predicted molar refractivity (Wildman–Crippen MR) is 87.6 cm³/mol. The monoisotopic (exact) mass is 311 g/mol. The number of rotatable bonds is 3. The van der Waals surface area contributed by atoms with Crippen LogP contribution >= 0.6 is 12.4 Å². The SMILES string of the molecule is CCC(=O)OC1(c2ccccc2)CCCN(C)CC1C.Cl. The maximum absolute atomic E-state index is 12.0. The summed E-state index contributed by atoms with van der Waals surface area (Å²) in [4.78, 5) is 14.3. The van der Waals surface area contributed by atoms with E-state index in [0.717, 1.165) is 31.5 Å². The third kappa shape index (κ3) is 3.98. The number of ether oxygens (including phenoxy) is 1. The Hall–Kier alpha value is -1.06. The molecular formula is C17H26ClNO2. The van der Waals surface area contributed by atoms with E-state index in [9.17, 15) is 4.79 Å². The lowest BCUT2D eigenvalue weighted by Crippen LogP contribution is -2.41. The lowest BCUT2D eigenvalue weighted by atomic mass is 9.79. The topological polar surface area (TPSA) is 29.5 Å². The highest BCUT2D eigenvalue weighted by atomic mass is 35.5. The molecule has 2 unspecified atom stereocenters. The van der Waals surface area contributed by atoms with Gasteiger partial charge in [0.05, 0.1) is 0 Å². The van der Waals surface area contributed by atoms with Crippen LogP contribution in [-0.2, 0) is 15.1 Å². The first-order valence-electron chi connectivity index (χ1n) is 7.54. The summed E-state index contributed by atoms with van der Waals surface area (Å²) in [5.74, 6) is 0.179. The van der Waals surface area contributed by atoms with Gasteiger partial charge in [-0.05, 0) is 32.0 Å². The molecule has 2 rings (SSSR count). The summed E-state index contributed by atoms with van der Waals surface area (Å²) >= 11 is 0. The molecule has 0 amide bonds. The van der Waals surface area contributed by atoms with Gasteiger partial charge < -0.3 is 9.64 Å². The average Bonchev–Trinajstić information content (AvgIpc) is 2.59. The molecule has 1 aliphatic heterocycles. The molecule has 21 heavy (non-hydrogen) atoms. The quantitative estimate of drug-likeness (QED) is 0.799. The highest BCUT2D eigenvalue weighted by Crippen LogP contribution is 2.40. The molecule has 118 valence electrons. The molecule has 0 aliphatic carbocycles. The fourth-order valence-electron chi connectivity index (χ4n) is 3.20. The molecule has 2 atom stereocenters. The van der Waals surface area contributed by atoms with Crippen molar-refractivity contribution in [1.29, 1.82) is 0 Å². The predicted octanol–water partition coefficient (Wildman–Crippen LogP) is 3.62. The molecule has 0 radical (unpaired) electrons. The number of hydrogen-bond donors (Lipinski definition) is 0. The number of esters is 1. The standard InChI is InChI=1S/C17H25NO2.ClH/c1-4-16(19)20-17(15-9-6-5-7-10-15)11-8-12-18(3)13-14(17)2;/h5-7,9-10,14H,4,8,11-13H2,1-3H3;1H. The van der Waals surface area contributed by atoms with Gasteiger partial charge in [0.1, 0.15) is 5.60 Å². The van der Waals surface area contributed by atoms with Crippen LogP contribution in [0.3, 0.4) is 0 Å². The summed E-state index contributed by atoms with van der Waals surface area (Å²) in [7, 11) is 2.14. The van der Waals surface area contributed by atoms with E-state index >= 15 is 0 Å². The molecule has 0 aromatic heterocycles.